The minimum Gasteiger partial charge on any atom is -0.508 e. The number of halogens is 1. The van der Waals surface area contributed by atoms with E-state index >= 15 is 0 Å². The molecular formula is C15H14ClNO3. The fourth-order valence-corrected chi connectivity index (χ4v) is 1.86. The highest BCUT2D eigenvalue weighted by atomic mass is 35.5. The van der Waals surface area contributed by atoms with Gasteiger partial charge in [0.1, 0.15) is 12.4 Å². The maximum atomic E-state index is 11.5. The summed E-state index contributed by atoms with van der Waals surface area (Å²) in [6.07, 6.45) is -0.516. The first-order chi connectivity index (χ1) is 9.65. The molecule has 2 rings (SSSR count). The number of carbonyl (C=O) groups excluding carboxylic acids is 1. The van der Waals surface area contributed by atoms with Crippen LogP contribution in [0.2, 0.25) is 5.02 Å². The summed E-state index contributed by atoms with van der Waals surface area (Å²) < 4.78 is 5.07. The van der Waals surface area contributed by atoms with Gasteiger partial charge in [0.15, 0.2) is 0 Å². The summed E-state index contributed by atoms with van der Waals surface area (Å²) in [7, 11) is 0. The van der Waals surface area contributed by atoms with Gasteiger partial charge in [0, 0.05) is 11.6 Å². The van der Waals surface area contributed by atoms with E-state index in [1.165, 1.54) is 12.1 Å². The summed E-state index contributed by atoms with van der Waals surface area (Å²) >= 11 is 5.93. The molecule has 0 aromatic heterocycles. The van der Waals surface area contributed by atoms with E-state index in [0.717, 1.165) is 5.56 Å². The topological polar surface area (TPSA) is 58.6 Å². The molecule has 2 N–H and O–H groups in total. The number of hydrogen-bond donors (Lipinski definition) is 2. The second-order valence-corrected chi connectivity index (χ2v) is 4.60. The summed E-state index contributed by atoms with van der Waals surface area (Å²) in [4.78, 5) is 11.5. The van der Waals surface area contributed by atoms with E-state index in [2.05, 4.69) is 5.32 Å². The van der Waals surface area contributed by atoms with Gasteiger partial charge >= 0.3 is 6.09 Å². The van der Waals surface area contributed by atoms with Crippen LogP contribution in [0, 0.1) is 0 Å². The number of ether oxygens (including phenoxy) is 1. The maximum Gasteiger partial charge on any atom is 0.407 e. The largest absolute Gasteiger partial charge is 0.508 e. The molecule has 0 aliphatic heterocycles. The number of carbonyl (C=O) groups is 1. The van der Waals surface area contributed by atoms with Crippen LogP contribution in [-0.2, 0) is 17.9 Å². The SMILES string of the molecule is O=C(NCc1ccc(O)cc1Cl)OCc1ccccc1. The van der Waals surface area contributed by atoms with Gasteiger partial charge in [0.05, 0.1) is 0 Å². The molecule has 1 amide bonds. The number of hydrogen-bond acceptors (Lipinski definition) is 3. The van der Waals surface area contributed by atoms with Crippen LogP contribution in [-0.4, -0.2) is 11.2 Å². The van der Waals surface area contributed by atoms with E-state index in [-0.39, 0.29) is 18.9 Å². The average molecular weight is 292 g/mol. The lowest BCUT2D eigenvalue weighted by molar-refractivity contribution is 0.139. The van der Waals surface area contributed by atoms with Crippen molar-refractivity contribution in [2.24, 2.45) is 0 Å². The Balaban J connectivity index is 1.80. The van der Waals surface area contributed by atoms with Crippen molar-refractivity contribution in [3.63, 3.8) is 0 Å². The van der Waals surface area contributed by atoms with Crippen molar-refractivity contribution in [2.75, 3.05) is 0 Å². The number of alkyl carbamates (subject to hydrolysis) is 1. The molecule has 2 aromatic rings. The third-order valence-electron chi connectivity index (χ3n) is 2.67. The Hall–Kier alpha value is -2.20. The van der Waals surface area contributed by atoms with Gasteiger partial charge in [0.2, 0.25) is 0 Å². The first-order valence-corrected chi connectivity index (χ1v) is 6.45. The molecule has 0 aliphatic carbocycles. The summed E-state index contributed by atoms with van der Waals surface area (Å²) in [6.45, 7) is 0.461. The normalized spacial score (nSPS) is 10.1. The molecule has 0 aliphatic rings. The van der Waals surface area contributed by atoms with E-state index in [1.807, 2.05) is 30.3 Å². The van der Waals surface area contributed by atoms with Crippen LogP contribution in [0.3, 0.4) is 0 Å². The van der Waals surface area contributed by atoms with Crippen LogP contribution >= 0.6 is 11.6 Å². The van der Waals surface area contributed by atoms with Gasteiger partial charge in [-0.2, -0.15) is 0 Å². The quantitative estimate of drug-likeness (QED) is 0.907. The molecule has 2 aromatic carbocycles. The zero-order valence-electron chi connectivity index (χ0n) is 10.7. The van der Waals surface area contributed by atoms with Gasteiger partial charge in [0.25, 0.3) is 0 Å². The number of nitrogens with one attached hydrogen (secondary N) is 1. The van der Waals surface area contributed by atoms with Gasteiger partial charge in [-0.15, -0.1) is 0 Å². The lowest BCUT2D eigenvalue weighted by atomic mass is 10.2. The minimum atomic E-state index is -0.516. The predicted molar refractivity (Wildman–Crippen MR) is 76.6 cm³/mol. The van der Waals surface area contributed by atoms with Crippen molar-refractivity contribution in [3.05, 3.63) is 64.7 Å². The highest BCUT2D eigenvalue weighted by Crippen LogP contribution is 2.21. The maximum absolute atomic E-state index is 11.5. The Morgan fingerprint density at radius 2 is 1.95 bits per heavy atom. The van der Waals surface area contributed by atoms with Crippen LogP contribution in [0.15, 0.2) is 48.5 Å². The highest BCUT2D eigenvalue weighted by Gasteiger charge is 2.05. The molecule has 0 bridgehead atoms. The molecule has 0 heterocycles. The molecule has 0 fully saturated rings. The van der Waals surface area contributed by atoms with Crippen molar-refractivity contribution in [1.29, 1.82) is 0 Å². The Morgan fingerprint density at radius 1 is 1.20 bits per heavy atom. The Morgan fingerprint density at radius 3 is 2.65 bits per heavy atom. The summed E-state index contributed by atoms with van der Waals surface area (Å²) in [5, 5.41) is 12.2. The lowest BCUT2D eigenvalue weighted by Crippen LogP contribution is -2.23. The van der Waals surface area contributed by atoms with Crippen molar-refractivity contribution < 1.29 is 14.6 Å². The molecular weight excluding hydrogens is 278 g/mol. The van der Waals surface area contributed by atoms with Crippen molar-refractivity contribution in [1.82, 2.24) is 5.32 Å². The standard InChI is InChI=1S/C15H14ClNO3/c16-14-8-13(18)7-6-12(14)9-17-15(19)20-10-11-4-2-1-3-5-11/h1-8,18H,9-10H2,(H,17,19). The molecule has 20 heavy (non-hydrogen) atoms. The van der Waals surface area contributed by atoms with Crippen LogP contribution < -0.4 is 5.32 Å². The second-order valence-electron chi connectivity index (χ2n) is 4.19. The fraction of sp³-hybridized carbons (Fsp3) is 0.133. The van der Waals surface area contributed by atoms with Crippen molar-refractivity contribution in [3.8, 4) is 5.75 Å². The van der Waals surface area contributed by atoms with Crippen LogP contribution in [0.4, 0.5) is 4.79 Å². The fourth-order valence-electron chi connectivity index (χ4n) is 1.62. The van der Waals surface area contributed by atoms with E-state index < -0.39 is 6.09 Å². The number of amides is 1. The number of aromatic hydroxyl groups is 1. The average Bonchev–Trinajstić information content (AvgIpc) is 2.45. The third-order valence-corrected chi connectivity index (χ3v) is 3.02. The zero-order chi connectivity index (χ0) is 14.4. The third kappa shape index (κ3) is 4.17. The Bertz CT molecular complexity index is 587. The molecule has 4 nitrogen and oxygen atoms in total. The van der Waals surface area contributed by atoms with Gasteiger partial charge in [-0.3, -0.25) is 0 Å². The minimum absolute atomic E-state index is 0.0883. The van der Waals surface area contributed by atoms with Crippen molar-refractivity contribution >= 4 is 17.7 Å². The first kappa shape index (κ1) is 14.2. The molecule has 104 valence electrons. The van der Waals surface area contributed by atoms with E-state index in [4.69, 9.17) is 16.3 Å². The summed E-state index contributed by atoms with van der Waals surface area (Å²) in [5.41, 5.74) is 1.63. The predicted octanol–water partition coefficient (Wildman–Crippen LogP) is 3.47. The Labute approximate surface area is 122 Å². The molecule has 0 unspecified atom stereocenters. The molecule has 0 radical (unpaired) electrons. The summed E-state index contributed by atoms with van der Waals surface area (Å²) in [5.74, 6) is 0.0883. The number of phenols is 1. The summed E-state index contributed by atoms with van der Waals surface area (Å²) in [6, 6.07) is 14.0. The van der Waals surface area contributed by atoms with Crippen LogP contribution in [0.1, 0.15) is 11.1 Å². The van der Waals surface area contributed by atoms with E-state index in [9.17, 15) is 9.90 Å². The number of benzene rings is 2. The van der Waals surface area contributed by atoms with E-state index in [1.54, 1.807) is 6.07 Å². The van der Waals surface area contributed by atoms with Crippen molar-refractivity contribution in [2.45, 2.75) is 13.2 Å². The van der Waals surface area contributed by atoms with Gasteiger partial charge in [-0.1, -0.05) is 48.0 Å². The second kappa shape index (κ2) is 6.82. The van der Waals surface area contributed by atoms with Gasteiger partial charge in [-0.05, 0) is 23.3 Å². The molecule has 0 saturated carbocycles. The monoisotopic (exact) mass is 291 g/mol. The smallest absolute Gasteiger partial charge is 0.407 e. The molecule has 0 spiro atoms. The van der Waals surface area contributed by atoms with Crippen LogP contribution in [0.25, 0.3) is 0 Å². The molecule has 0 saturated heterocycles. The van der Waals surface area contributed by atoms with Gasteiger partial charge < -0.3 is 15.2 Å². The number of phenolic OH excluding ortho intramolecular Hbond substituents is 1. The van der Waals surface area contributed by atoms with Crippen LogP contribution in [0.5, 0.6) is 5.75 Å². The number of rotatable bonds is 4. The Kier molecular flexibility index (Phi) is 4.85. The highest BCUT2D eigenvalue weighted by molar-refractivity contribution is 6.31. The zero-order valence-corrected chi connectivity index (χ0v) is 11.4. The van der Waals surface area contributed by atoms with E-state index in [0.29, 0.717) is 10.6 Å². The van der Waals surface area contributed by atoms with Gasteiger partial charge in [-0.25, -0.2) is 4.79 Å². The first-order valence-electron chi connectivity index (χ1n) is 6.07. The molecule has 5 heteroatoms. The molecule has 0 atom stereocenters. The lowest BCUT2D eigenvalue weighted by Gasteiger charge is -2.08.